The summed E-state index contributed by atoms with van der Waals surface area (Å²) in [6.45, 7) is -0.867. The van der Waals surface area contributed by atoms with Crippen molar-refractivity contribution < 1.29 is 22.4 Å². The molecular formula is C15H8BrF4N5O2. The summed E-state index contributed by atoms with van der Waals surface area (Å²) in [6.07, 6.45) is -3.09. The molecule has 1 aromatic carbocycles. The number of anilines is 1. The Balaban J connectivity index is 2.04. The number of aromatic nitrogens is 4. The van der Waals surface area contributed by atoms with Crippen LogP contribution >= 0.6 is 15.9 Å². The number of hydrogen-bond donors (Lipinski definition) is 1. The molecule has 2 aromatic heterocycles. The molecule has 12 heteroatoms. The molecule has 0 radical (unpaired) electrons. The minimum absolute atomic E-state index is 0.271. The second-order valence-electron chi connectivity index (χ2n) is 5.27. The molecule has 0 bridgehead atoms. The third-order valence-corrected chi connectivity index (χ3v) is 3.90. The first-order chi connectivity index (χ1) is 12.7. The lowest BCUT2D eigenvalue weighted by molar-refractivity contribution is -0.141. The van der Waals surface area contributed by atoms with Crippen LogP contribution in [0.3, 0.4) is 0 Å². The number of fused-ring (bicyclic) bond motifs is 1. The molecule has 1 N–H and O–H groups in total. The van der Waals surface area contributed by atoms with Gasteiger partial charge in [0.15, 0.2) is 17.3 Å². The molecular weight excluding hydrogens is 438 g/mol. The maximum atomic E-state index is 13.5. The Morgan fingerprint density at radius 3 is 2.67 bits per heavy atom. The molecule has 3 aromatic rings. The molecule has 0 aliphatic heterocycles. The quantitative estimate of drug-likeness (QED) is 0.626. The Hall–Kier alpha value is -2.89. The number of carbonyl (C=O) groups excluding carboxylic acids is 1. The van der Waals surface area contributed by atoms with E-state index in [2.05, 4.69) is 31.0 Å². The van der Waals surface area contributed by atoms with Gasteiger partial charge in [-0.25, -0.2) is 19.0 Å². The van der Waals surface area contributed by atoms with Crippen molar-refractivity contribution in [3.8, 4) is 0 Å². The van der Waals surface area contributed by atoms with Gasteiger partial charge in [-0.3, -0.25) is 9.59 Å². The van der Waals surface area contributed by atoms with Crippen LogP contribution in [0.4, 0.5) is 23.4 Å². The summed E-state index contributed by atoms with van der Waals surface area (Å²) in [7, 11) is 0. The molecule has 2 heterocycles. The molecule has 3 rings (SSSR count). The Morgan fingerprint density at radius 1 is 1.26 bits per heavy atom. The molecule has 0 spiro atoms. The van der Waals surface area contributed by atoms with Crippen molar-refractivity contribution in [2.45, 2.75) is 12.7 Å². The highest BCUT2D eigenvalue weighted by Gasteiger charge is 2.36. The number of benzene rings is 1. The highest BCUT2D eigenvalue weighted by atomic mass is 79.9. The second-order valence-corrected chi connectivity index (χ2v) is 6.18. The van der Waals surface area contributed by atoms with Gasteiger partial charge in [0.05, 0.1) is 11.6 Å². The molecule has 27 heavy (non-hydrogen) atoms. The number of alkyl halides is 3. The second kappa shape index (κ2) is 7.02. The van der Waals surface area contributed by atoms with Crippen molar-refractivity contribution in [1.29, 1.82) is 0 Å². The van der Waals surface area contributed by atoms with Gasteiger partial charge in [-0.1, -0.05) is 22.0 Å². The molecule has 0 aliphatic rings. The van der Waals surface area contributed by atoms with Gasteiger partial charge in [0.25, 0.3) is 5.56 Å². The SMILES string of the molecule is O=C(Cn1nc(C(F)(F)F)c2ccc(Br)cc2c1=O)Nc1ncncc1F. The summed E-state index contributed by atoms with van der Waals surface area (Å²) in [5, 5.41) is 4.67. The van der Waals surface area contributed by atoms with Crippen LogP contribution < -0.4 is 10.9 Å². The summed E-state index contributed by atoms with van der Waals surface area (Å²) in [4.78, 5) is 31.4. The lowest BCUT2D eigenvalue weighted by Crippen LogP contribution is -2.32. The highest BCUT2D eigenvalue weighted by Crippen LogP contribution is 2.32. The predicted octanol–water partition coefficient (Wildman–Crippen LogP) is 2.75. The maximum Gasteiger partial charge on any atom is 0.435 e. The number of nitrogens with zero attached hydrogens (tertiary/aromatic N) is 4. The summed E-state index contributed by atoms with van der Waals surface area (Å²) in [6, 6.07) is 3.65. The fourth-order valence-electron chi connectivity index (χ4n) is 2.29. The van der Waals surface area contributed by atoms with Crippen LogP contribution in [0.25, 0.3) is 10.8 Å². The van der Waals surface area contributed by atoms with Crippen LogP contribution in [0.15, 0.2) is 40.0 Å². The van der Waals surface area contributed by atoms with E-state index in [0.29, 0.717) is 9.15 Å². The van der Waals surface area contributed by atoms with Crippen molar-refractivity contribution in [3.63, 3.8) is 0 Å². The monoisotopic (exact) mass is 445 g/mol. The van der Waals surface area contributed by atoms with Gasteiger partial charge in [0, 0.05) is 9.86 Å². The normalized spacial score (nSPS) is 11.6. The fraction of sp³-hybridized carbons (Fsp3) is 0.133. The van der Waals surface area contributed by atoms with Gasteiger partial charge in [0.1, 0.15) is 12.9 Å². The van der Waals surface area contributed by atoms with E-state index >= 15 is 0 Å². The number of halogens is 5. The number of nitrogens with one attached hydrogen (secondary N) is 1. The number of hydrogen-bond acceptors (Lipinski definition) is 5. The highest BCUT2D eigenvalue weighted by molar-refractivity contribution is 9.10. The summed E-state index contributed by atoms with van der Waals surface area (Å²) >= 11 is 3.08. The van der Waals surface area contributed by atoms with Gasteiger partial charge in [-0.05, 0) is 12.1 Å². The average molecular weight is 446 g/mol. The van der Waals surface area contributed by atoms with E-state index in [0.717, 1.165) is 18.6 Å². The standard InChI is InChI=1S/C15H8BrF4N5O2/c16-7-1-2-8-9(3-7)14(27)25(24-12(8)15(18,19)20)5-11(26)23-13-10(17)4-21-6-22-13/h1-4,6H,5H2,(H,21,22,23,26). The van der Waals surface area contributed by atoms with Crippen LogP contribution in [0.2, 0.25) is 0 Å². The Kier molecular flexibility index (Phi) is 4.91. The molecule has 0 unspecified atom stereocenters. The molecule has 0 saturated carbocycles. The minimum atomic E-state index is -4.85. The minimum Gasteiger partial charge on any atom is -0.307 e. The molecule has 1 amide bonds. The number of rotatable bonds is 3. The molecule has 7 nitrogen and oxygen atoms in total. The molecule has 0 saturated heterocycles. The number of amides is 1. The summed E-state index contributed by atoms with van der Waals surface area (Å²) in [5.41, 5.74) is -2.22. The number of carbonyl (C=O) groups is 1. The Labute approximate surface area is 156 Å². The van der Waals surface area contributed by atoms with E-state index in [1.165, 1.54) is 12.1 Å². The molecule has 0 atom stereocenters. The maximum absolute atomic E-state index is 13.5. The zero-order valence-electron chi connectivity index (χ0n) is 13.1. The van der Waals surface area contributed by atoms with Crippen molar-refractivity contribution >= 4 is 38.4 Å². The lowest BCUT2D eigenvalue weighted by atomic mass is 10.1. The first kappa shape index (κ1) is 18.9. The Morgan fingerprint density at radius 2 is 2.00 bits per heavy atom. The lowest BCUT2D eigenvalue weighted by Gasteiger charge is -2.13. The summed E-state index contributed by atoms with van der Waals surface area (Å²) < 4.78 is 54.1. The van der Waals surface area contributed by atoms with E-state index in [4.69, 9.17) is 0 Å². The zero-order chi connectivity index (χ0) is 19.8. The van der Waals surface area contributed by atoms with Crippen molar-refractivity contribution in [2.24, 2.45) is 0 Å². The molecule has 140 valence electrons. The smallest absolute Gasteiger partial charge is 0.307 e. The fourth-order valence-corrected chi connectivity index (χ4v) is 2.65. The first-order valence-electron chi connectivity index (χ1n) is 7.20. The zero-order valence-corrected chi connectivity index (χ0v) is 14.7. The van der Waals surface area contributed by atoms with Crippen molar-refractivity contribution in [1.82, 2.24) is 19.7 Å². The van der Waals surface area contributed by atoms with Crippen molar-refractivity contribution in [2.75, 3.05) is 5.32 Å². The Bertz CT molecular complexity index is 1100. The molecule has 0 fully saturated rings. The van der Waals surface area contributed by atoms with Gasteiger partial charge in [-0.15, -0.1) is 0 Å². The average Bonchev–Trinajstić information content (AvgIpc) is 2.58. The topological polar surface area (TPSA) is 89.8 Å². The summed E-state index contributed by atoms with van der Waals surface area (Å²) in [5.74, 6) is -2.39. The van der Waals surface area contributed by atoms with E-state index in [1.54, 1.807) is 0 Å². The van der Waals surface area contributed by atoms with Crippen LogP contribution in [0, 0.1) is 5.82 Å². The third-order valence-electron chi connectivity index (χ3n) is 3.41. The molecule has 0 aliphatic carbocycles. The van der Waals surface area contributed by atoms with Crippen LogP contribution in [0.5, 0.6) is 0 Å². The van der Waals surface area contributed by atoms with E-state index in [1.807, 2.05) is 5.32 Å². The van der Waals surface area contributed by atoms with Gasteiger partial charge in [-0.2, -0.15) is 18.3 Å². The first-order valence-corrected chi connectivity index (χ1v) is 7.99. The van der Waals surface area contributed by atoms with Crippen LogP contribution in [-0.2, 0) is 17.5 Å². The van der Waals surface area contributed by atoms with Crippen molar-refractivity contribution in [3.05, 3.63) is 57.1 Å². The van der Waals surface area contributed by atoms with E-state index in [9.17, 15) is 27.2 Å². The van der Waals surface area contributed by atoms with Crippen LogP contribution in [-0.4, -0.2) is 25.7 Å². The third kappa shape index (κ3) is 3.94. The van der Waals surface area contributed by atoms with Gasteiger partial charge >= 0.3 is 6.18 Å². The van der Waals surface area contributed by atoms with E-state index in [-0.39, 0.29) is 5.39 Å². The predicted molar refractivity (Wildman–Crippen MR) is 89.3 cm³/mol. The van der Waals surface area contributed by atoms with E-state index < -0.39 is 46.9 Å². The van der Waals surface area contributed by atoms with Gasteiger partial charge < -0.3 is 5.32 Å². The van der Waals surface area contributed by atoms with Crippen LogP contribution in [0.1, 0.15) is 5.69 Å². The largest absolute Gasteiger partial charge is 0.435 e. The van der Waals surface area contributed by atoms with Gasteiger partial charge in [0.2, 0.25) is 5.91 Å².